The van der Waals surface area contributed by atoms with E-state index >= 15 is 0 Å². The highest BCUT2D eigenvalue weighted by Gasteiger charge is 2.25. The average Bonchev–Trinajstić information content (AvgIpc) is 1.86. The highest BCUT2D eigenvalue weighted by atomic mass is 15.3. The summed E-state index contributed by atoms with van der Waals surface area (Å²) in [7, 11) is 0. The quantitative estimate of drug-likeness (QED) is 0.525. The van der Waals surface area contributed by atoms with Crippen LogP contribution in [0.3, 0.4) is 0 Å². The van der Waals surface area contributed by atoms with Crippen molar-refractivity contribution < 1.29 is 0 Å². The predicted octanol–water partition coefficient (Wildman–Crippen LogP) is 0.806. The molecule has 2 fully saturated rings. The molecule has 0 bridgehead atoms. The van der Waals surface area contributed by atoms with E-state index in [9.17, 15) is 0 Å². The summed E-state index contributed by atoms with van der Waals surface area (Å²) in [5.74, 6) is 0. The van der Waals surface area contributed by atoms with Crippen LogP contribution in [0.1, 0.15) is 25.7 Å². The second-order valence-electron chi connectivity index (χ2n) is 3.27. The summed E-state index contributed by atoms with van der Waals surface area (Å²) in [6, 6.07) is 0. The van der Waals surface area contributed by atoms with Crippen LogP contribution in [0, 0.1) is 0 Å². The molecular weight excluding hydrogens is 124 g/mol. The summed E-state index contributed by atoms with van der Waals surface area (Å²) in [6.07, 6.45) is 6.04. The van der Waals surface area contributed by atoms with Crippen LogP contribution in [0.2, 0.25) is 0 Å². The lowest BCUT2D eigenvalue weighted by atomic mass is 10.1. The van der Waals surface area contributed by atoms with Gasteiger partial charge in [-0.25, -0.2) is 5.32 Å². The van der Waals surface area contributed by atoms with Crippen molar-refractivity contribution in [2.45, 2.75) is 31.8 Å². The van der Waals surface area contributed by atoms with Gasteiger partial charge in [0.1, 0.15) is 0 Å². The number of nitrogens with zero attached hydrogens (tertiary/aromatic N) is 2. The van der Waals surface area contributed by atoms with E-state index in [2.05, 4.69) is 10.2 Å². The Morgan fingerprint density at radius 1 is 1.10 bits per heavy atom. The van der Waals surface area contributed by atoms with E-state index in [1.165, 1.54) is 38.8 Å². The monoisotopic (exact) mass is 139 g/mol. The second-order valence-corrected chi connectivity index (χ2v) is 3.27. The van der Waals surface area contributed by atoms with Gasteiger partial charge in [0.05, 0.1) is 6.17 Å². The molecule has 0 N–H and O–H groups in total. The highest BCUT2D eigenvalue weighted by molar-refractivity contribution is 4.78. The number of rotatable bonds is 1. The summed E-state index contributed by atoms with van der Waals surface area (Å²) >= 11 is 0. The smallest absolute Gasteiger partial charge is 0.0760 e. The lowest BCUT2D eigenvalue weighted by molar-refractivity contribution is 0.0737. The maximum atomic E-state index is 4.58. The van der Waals surface area contributed by atoms with Crippen LogP contribution in [0.15, 0.2) is 0 Å². The molecule has 2 saturated heterocycles. The Bertz CT molecular complexity index is 104. The maximum Gasteiger partial charge on any atom is 0.0760 e. The lowest BCUT2D eigenvalue weighted by Gasteiger charge is -2.39. The average molecular weight is 139 g/mol. The van der Waals surface area contributed by atoms with Gasteiger partial charge >= 0.3 is 0 Å². The number of hydrogen-bond donors (Lipinski definition) is 0. The highest BCUT2D eigenvalue weighted by Crippen LogP contribution is 2.17. The van der Waals surface area contributed by atoms with Gasteiger partial charge in [0.2, 0.25) is 0 Å². The van der Waals surface area contributed by atoms with Crippen molar-refractivity contribution in [3.63, 3.8) is 0 Å². The first-order chi connectivity index (χ1) is 4.97. The molecule has 1 unspecified atom stereocenters. The van der Waals surface area contributed by atoms with Gasteiger partial charge in [0, 0.05) is 19.6 Å². The van der Waals surface area contributed by atoms with Gasteiger partial charge < -0.3 is 0 Å². The summed E-state index contributed by atoms with van der Waals surface area (Å²) in [4.78, 5) is 2.50. The Kier molecular flexibility index (Phi) is 1.91. The van der Waals surface area contributed by atoms with Crippen LogP contribution in [0.5, 0.6) is 0 Å². The van der Waals surface area contributed by atoms with Crippen molar-refractivity contribution >= 4 is 0 Å². The molecule has 0 aromatic carbocycles. The molecular formula is C8H15N2. The fourth-order valence-electron chi connectivity index (χ4n) is 1.71. The largest absolute Gasteiger partial charge is 0.287 e. The molecule has 10 heavy (non-hydrogen) atoms. The first kappa shape index (κ1) is 6.62. The SMILES string of the molecule is C1CCC(N2CCC2)[N]C1. The molecule has 2 aliphatic heterocycles. The third-order valence-corrected chi connectivity index (χ3v) is 2.52. The Hall–Kier alpha value is -0.0800. The molecule has 0 amide bonds. The van der Waals surface area contributed by atoms with Gasteiger partial charge in [-0.15, -0.1) is 0 Å². The molecule has 0 aromatic rings. The molecule has 2 aliphatic rings. The van der Waals surface area contributed by atoms with Gasteiger partial charge in [-0.1, -0.05) is 0 Å². The zero-order valence-corrected chi connectivity index (χ0v) is 6.42. The molecule has 1 atom stereocenters. The van der Waals surface area contributed by atoms with E-state index in [1.54, 1.807) is 0 Å². The Morgan fingerprint density at radius 2 is 2.00 bits per heavy atom. The molecule has 0 spiro atoms. The molecule has 0 aromatic heterocycles. The molecule has 0 saturated carbocycles. The molecule has 57 valence electrons. The zero-order chi connectivity index (χ0) is 6.81. The fraction of sp³-hybridized carbons (Fsp3) is 1.00. The van der Waals surface area contributed by atoms with E-state index in [0.717, 1.165) is 6.54 Å². The number of hydrogen-bond acceptors (Lipinski definition) is 1. The van der Waals surface area contributed by atoms with E-state index < -0.39 is 0 Å². The van der Waals surface area contributed by atoms with E-state index in [4.69, 9.17) is 0 Å². The Labute approximate surface area is 62.6 Å². The van der Waals surface area contributed by atoms with Crippen LogP contribution in [-0.2, 0) is 0 Å². The molecule has 2 nitrogen and oxygen atoms in total. The second kappa shape index (κ2) is 2.89. The van der Waals surface area contributed by atoms with Gasteiger partial charge in [0.15, 0.2) is 0 Å². The molecule has 2 rings (SSSR count). The summed E-state index contributed by atoms with van der Waals surface area (Å²) in [5.41, 5.74) is 0. The normalized spacial score (nSPS) is 35.4. The number of likely N-dealkylation sites (tertiary alicyclic amines) is 1. The van der Waals surface area contributed by atoms with Crippen molar-refractivity contribution in [1.29, 1.82) is 0 Å². The van der Waals surface area contributed by atoms with Crippen molar-refractivity contribution in [2.75, 3.05) is 19.6 Å². The third-order valence-electron chi connectivity index (χ3n) is 2.52. The van der Waals surface area contributed by atoms with E-state index in [1.807, 2.05) is 0 Å². The van der Waals surface area contributed by atoms with Gasteiger partial charge in [-0.3, -0.25) is 4.90 Å². The summed E-state index contributed by atoms with van der Waals surface area (Å²) < 4.78 is 0. The Balaban J connectivity index is 1.78. The van der Waals surface area contributed by atoms with Gasteiger partial charge in [0.25, 0.3) is 0 Å². The van der Waals surface area contributed by atoms with Gasteiger partial charge in [-0.2, -0.15) is 0 Å². The van der Waals surface area contributed by atoms with Crippen molar-refractivity contribution in [3.8, 4) is 0 Å². The topological polar surface area (TPSA) is 17.3 Å². The van der Waals surface area contributed by atoms with Crippen LogP contribution >= 0.6 is 0 Å². The molecule has 2 heteroatoms. The molecule has 2 heterocycles. The minimum absolute atomic E-state index is 0.613. The fourth-order valence-corrected chi connectivity index (χ4v) is 1.71. The Morgan fingerprint density at radius 3 is 2.50 bits per heavy atom. The zero-order valence-electron chi connectivity index (χ0n) is 6.42. The first-order valence-corrected chi connectivity index (χ1v) is 4.37. The lowest BCUT2D eigenvalue weighted by Crippen LogP contribution is -2.50. The number of piperidine rings is 1. The minimum Gasteiger partial charge on any atom is -0.287 e. The third kappa shape index (κ3) is 1.18. The maximum absolute atomic E-state index is 4.58. The van der Waals surface area contributed by atoms with Crippen LogP contribution in [-0.4, -0.2) is 30.7 Å². The van der Waals surface area contributed by atoms with Crippen molar-refractivity contribution in [1.82, 2.24) is 10.2 Å². The summed E-state index contributed by atoms with van der Waals surface area (Å²) in [6.45, 7) is 3.71. The van der Waals surface area contributed by atoms with Crippen LogP contribution in [0.25, 0.3) is 0 Å². The molecule has 1 radical (unpaired) electrons. The standard InChI is InChI=1S/C8H15N2/c1-2-5-9-8(4-1)10-6-3-7-10/h8H,1-7H2. The van der Waals surface area contributed by atoms with E-state index in [0.29, 0.717) is 6.17 Å². The first-order valence-electron chi connectivity index (χ1n) is 4.37. The van der Waals surface area contributed by atoms with Crippen LogP contribution < -0.4 is 5.32 Å². The van der Waals surface area contributed by atoms with Crippen molar-refractivity contribution in [3.05, 3.63) is 0 Å². The predicted molar refractivity (Wildman–Crippen MR) is 40.8 cm³/mol. The van der Waals surface area contributed by atoms with Crippen molar-refractivity contribution in [2.24, 2.45) is 0 Å². The van der Waals surface area contributed by atoms with E-state index in [-0.39, 0.29) is 0 Å². The van der Waals surface area contributed by atoms with Gasteiger partial charge in [-0.05, 0) is 25.7 Å². The minimum atomic E-state index is 0.613. The molecule has 0 aliphatic carbocycles. The summed E-state index contributed by atoms with van der Waals surface area (Å²) in [5, 5.41) is 4.58. The van der Waals surface area contributed by atoms with Crippen LogP contribution in [0.4, 0.5) is 0 Å².